The Labute approximate surface area is 117 Å². The van der Waals surface area contributed by atoms with Crippen LogP contribution in [0, 0.1) is 23.0 Å². The van der Waals surface area contributed by atoms with Crippen LogP contribution in [0.3, 0.4) is 0 Å². The molecule has 1 aromatic carbocycles. The van der Waals surface area contributed by atoms with E-state index in [9.17, 15) is 18.5 Å². The first-order valence-corrected chi connectivity index (χ1v) is 7.82. The highest BCUT2D eigenvalue weighted by Gasteiger charge is 2.16. The van der Waals surface area contributed by atoms with Gasteiger partial charge in [-0.1, -0.05) is 6.92 Å². The Hall–Kier alpha value is -1.67. The highest BCUT2D eigenvalue weighted by atomic mass is 32.2. The molecule has 112 valence electrons. The Morgan fingerprint density at radius 1 is 1.45 bits per heavy atom. The van der Waals surface area contributed by atoms with Crippen molar-refractivity contribution in [2.45, 2.75) is 20.3 Å². The van der Waals surface area contributed by atoms with E-state index in [-0.39, 0.29) is 24.0 Å². The number of nitrogens with zero attached hydrogens (tertiary/aromatic N) is 1. The van der Waals surface area contributed by atoms with Crippen molar-refractivity contribution in [3.05, 3.63) is 33.9 Å². The van der Waals surface area contributed by atoms with Crippen molar-refractivity contribution >= 4 is 15.7 Å². The van der Waals surface area contributed by atoms with Crippen LogP contribution in [0.2, 0.25) is 0 Å². The van der Waals surface area contributed by atoms with Crippen LogP contribution >= 0.6 is 0 Å². The summed E-state index contributed by atoms with van der Waals surface area (Å²) in [4.78, 5) is 10.2. The van der Waals surface area contributed by atoms with Gasteiger partial charge in [-0.3, -0.25) is 10.1 Å². The van der Waals surface area contributed by atoms with Gasteiger partial charge in [0.05, 0.1) is 17.3 Å². The quantitative estimate of drug-likeness (QED) is 0.607. The van der Waals surface area contributed by atoms with E-state index < -0.39 is 14.9 Å². The first kappa shape index (κ1) is 16.4. The fourth-order valence-corrected chi connectivity index (χ4v) is 2.74. The van der Waals surface area contributed by atoms with Crippen molar-refractivity contribution < 1.29 is 18.1 Å². The van der Waals surface area contributed by atoms with Crippen LogP contribution in [0.25, 0.3) is 0 Å². The van der Waals surface area contributed by atoms with Crippen LogP contribution in [0.4, 0.5) is 5.69 Å². The maximum atomic E-state index is 11.0. The molecule has 0 heterocycles. The molecule has 0 aliphatic rings. The van der Waals surface area contributed by atoms with E-state index in [1.54, 1.807) is 13.0 Å². The zero-order valence-electron chi connectivity index (χ0n) is 11.4. The fourth-order valence-electron chi connectivity index (χ4n) is 1.75. The molecular weight excluding hydrogens is 284 g/mol. The molecule has 0 radical (unpaired) electrons. The maximum absolute atomic E-state index is 11.0. The van der Waals surface area contributed by atoms with Crippen molar-refractivity contribution in [2.24, 2.45) is 11.1 Å². The molecule has 0 bridgehead atoms. The molecule has 1 aromatic rings. The molecule has 20 heavy (non-hydrogen) atoms. The summed E-state index contributed by atoms with van der Waals surface area (Å²) in [6.45, 7) is 3.66. The molecule has 2 N–H and O–H groups in total. The zero-order chi connectivity index (χ0) is 15.3. The molecule has 0 aromatic heterocycles. The van der Waals surface area contributed by atoms with Gasteiger partial charge in [-0.25, -0.2) is 13.6 Å². The number of benzene rings is 1. The Morgan fingerprint density at radius 2 is 2.10 bits per heavy atom. The lowest BCUT2D eigenvalue weighted by molar-refractivity contribution is -0.385. The van der Waals surface area contributed by atoms with E-state index in [0.717, 1.165) is 0 Å². The maximum Gasteiger partial charge on any atom is 0.272 e. The number of primary sulfonamides is 1. The summed E-state index contributed by atoms with van der Waals surface area (Å²) in [6, 6.07) is 4.42. The SMILES string of the molecule is CCC(COc1ccc([N+](=O)[O-])c(C)c1)CS(N)(=O)=O. The highest BCUT2D eigenvalue weighted by molar-refractivity contribution is 7.89. The normalized spacial score (nSPS) is 12.9. The van der Waals surface area contributed by atoms with Gasteiger partial charge in [-0.2, -0.15) is 0 Å². The van der Waals surface area contributed by atoms with Gasteiger partial charge >= 0.3 is 0 Å². The van der Waals surface area contributed by atoms with Crippen molar-refractivity contribution in [1.82, 2.24) is 0 Å². The molecule has 7 nitrogen and oxygen atoms in total. The Balaban J connectivity index is 2.70. The van der Waals surface area contributed by atoms with E-state index in [0.29, 0.717) is 17.7 Å². The molecule has 0 aliphatic heterocycles. The van der Waals surface area contributed by atoms with E-state index in [1.165, 1.54) is 12.1 Å². The van der Waals surface area contributed by atoms with E-state index in [2.05, 4.69) is 0 Å². The topological polar surface area (TPSA) is 113 Å². The van der Waals surface area contributed by atoms with Gasteiger partial charge in [0, 0.05) is 17.5 Å². The number of rotatable bonds is 7. The van der Waals surface area contributed by atoms with Gasteiger partial charge in [0.25, 0.3) is 5.69 Å². The first-order chi connectivity index (χ1) is 9.23. The van der Waals surface area contributed by atoms with Crippen molar-refractivity contribution in [3.8, 4) is 5.75 Å². The third-order valence-corrected chi connectivity index (χ3v) is 3.83. The predicted octanol–water partition coefficient (Wildman–Crippen LogP) is 1.60. The molecule has 8 heteroatoms. The second kappa shape index (κ2) is 6.67. The number of nitrogens with two attached hydrogens (primary N) is 1. The number of sulfonamides is 1. The average Bonchev–Trinajstić information content (AvgIpc) is 2.32. The second-order valence-corrected chi connectivity index (χ2v) is 6.28. The molecule has 0 saturated heterocycles. The third kappa shape index (κ3) is 5.14. The van der Waals surface area contributed by atoms with Gasteiger partial charge in [0.15, 0.2) is 0 Å². The molecule has 0 fully saturated rings. The average molecular weight is 302 g/mol. The molecule has 0 aliphatic carbocycles. The third-order valence-electron chi connectivity index (χ3n) is 2.90. The smallest absolute Gasteiger partial charge is 0.272 e. The minimum Gasteiger partial charge on any atom is -0.493 e. The summed E-state index contributed by atoms with van der Waals surface area (Å²) in [7, 11) is -3.54. The summed E-state index contributed by atoms with van der Waals surface area (Å²) < 4.78 is 27.5. The minimum absolute atomic E-state index is 0.0222. The van der Waals surface area contributed by atoms with Crippen molar-refractivity contribution in [1.29, 1.82) is 0 Å². The van der Waals surface area contributed by atoms with Gasteiger partial charge in [0.2, 0.25) is 10.0 Å². The summed E-state index contributed by atoms with van der Waals surface area (Å²) >= 11 is 0. The Bertz CT molecular complexity index is 586. The monoisotopic (exact) mass is 302 g/mol. The van der Waals surface area contributed by atoms with Gasteiger partial charge < -0.3 is 4.74 Å². The van der Waals surface area contributed by atoms with Gasteiger partial charge in [0.1, 0.15) is 5.75 Å². The minimum atomic E-state index is -3.54. The van der Waals surface area contributed by atoms with Crippen molar-refractivity contribution in [3.63, 3.8) is 0 Å². The van der Waals surface area contributed by atoms with E-state index in [4.69, 9.17) is 9.88 Å². The second-order valence-electron chi connectivity index (χ2n) is 4.62. The zero-order valence-corrected chi connectivity index (χ0v) is 12.2. The standard InChI is InChI=1S/C12H18N2O5S/c1-3-10(8-20(13,17)18)7-19-11-4-5-12(14(15)16)9(2)6-11/h4-6,10H,3,7-8H2,1-2H3,(H2,13,17,18). The molecule has 1 rings (SSSR count). The molecule has 1 unspecified atom stereocenters. The van der Waals surface area contributed by atoms with Crippen LogP contribution in [0.5, 0.6) is 5.75 Å². The predicted molar refractivity (Wildman–Crippen MR) is 75.1 cm³/mol. The molecule has 0 saturated carbocycles. The van der Waals surface area contributed by atoms with Crippen molar-refractivity contribution in [2.75, 3.05) is 12.4 Å². The lowest BCUT2D eigenvalue weighted by Gasteiger charge is -2.15. The fraction of sp³-hybridized carbons (Fsp3) is 0.500. The summed E-state index contributed by atoms with van der Waals surface area (Å²) in [5.74, 6) is 0.122. The lowest BCUT2D eigenvalue weighted by atomic mass is 10.1. The Kier molecular flexibility index (Phi) is 5.46. The van der Waals surface area contributed by atoms with Crippen LogP contribution in [-0.2, 0) is 10.0 Å². The van der Waals surface area contributed by atoms with Crippen LogP contribution in [-0.4, -0.2) is 25.7 Å². The van der Waals surface area contributed by atoms with Crippen LogP contribution in [0.15, 0.2) is 18.2 Å². The van der Waals surface area contributed by atoms with Crippen LogP contribution in [0.1, 0.15) is 18.9 Å². The summed E-state index contributed by atoms with van der Waals surface area (Å²) in [5.41, 5.74) is 0.515. The van der Waals surface area contributed by atoms with E-state index in [1.807, 2.05) is 6.92 Å². The summed E-state index contributed by atoms with van der Waals surface area (Å²) in [5, 5.41) is 15.7. The molecule has 1 atom stereocenters. The number of nitro groups is 1. The summed E-state index contributed by atoms with van der Waals surface area (Å²) in [6.07, 6.45) is 0.613. The van der Waals surface area contributed by atoms with Crippen LogP contribution < -0.4 is 9.88 Å². The number of ether oxygens (including phenoxy) is 1. The number of nitro benzene ring substituents is 1. The lowest BCUT2D eigenvalue weighted by Crippen LogP contribution is -2.26. The number of hydrogen-bond donors (Lipinski definition) is 1. The molecule has 0 spiro atoms. The number of hydrogen-bond acceptors (Lipinski definition) is 5. The highest BCUT2D eigenvalue weighted by Crippen LogP contribution is 2.23. The Morgan fingerprint density at radius 3 is 2.55 bits per heavy atom. The first-order valence-electron chi connectivity index (χ1n) is 6.11. The van der Waals surface area contributed by atoms with Gasteiger partial charge in [-0.15, -0.1) is 0 Å². The molecular formula is C12H18N2O5S. The molecule has 0 amide bonds. The largest absolute Gasteiger partial charge is 0.493 e. The number of aryl methyl sites for hydroxylation is 1. The van der Waals surface area contributed by atoms with Gasteiger partial charge in [-0.05, 0) is 25.5 Å². The van der Waals surface area contributed by atoms with E-state index >= 15 is 0 Å².